The summed E-state index contributed by atoms with van der Waals surface area (Å²) in [5, 5.41) is 285. The number of amides is 4. The zero-order valence-electron chi connectivity index (χ0n) is 57.6. The van der Waals surface area contributed by atoms with Crippen molar-refractivity contribution in [3.63, 3.8) is 0 Å². The van der Waals surface area contributed by atoms with Gasteiger partial charge in [0.2, 0.25) is 23.6 Å². The summed E-state index contributed by atoms with van der Waals surface area (Å²) in [7, 11) is 0. The molecule has 7 saturated heterocycles. The van der Waals surface area contributed by atoms with Gasteiger partial charge in [0.1, 0.15) is 153 Å². The molecule has 0 aromatic rings. The Balaban J connectivity index is 1.28. The molecule has 0 radical (unpaired) electrons. The fourth-order valence-electron chi connectivity index (χ4n) is 13.7. The Morgan fingerprint density at radius 1 is 0.380 bits per heavy atom. The first-order valence-electron chi connectivity index (χ1n) is 33.5. The number of carbonyl (C=O) groups excluding carboxylic acids is 4. The minimum atomic E-state index is -3.73. The van der Waals surface area contributed by atoms with E-state index in [-0.39, 0.29) is 0 Å². The fraction of sp³-hybridized carbons (Fsp3) is 0.881. The molecule has 0 aliphatic carbocycles. The second-order valence-electron chi connectivity index (χ2n) is 26.8. The molecule has 29 N–H and O–H groups in total. The van der Waals surface area contributed by atoms with E-state index in [0.29, 0.717) is 0 Å². The highest BCUT2D eigenvalue weighted by molar-refractivity contribution is 5.78. The van der Waals surface area contributed by atoms with Crippen LogP contribution in [0.3, 0.4) is 0 Å². The summed E-state index contributed by atoms with van der Waals surface area (Å²) in [5.74, 6) is -21.3. The van der Waals surface area contributed by atoms with Crippen molar-refractivity contribution in [2.45, 2.75) is 278 Å². The molecule has 38 atom stereocenters. The number of ether oxygens (including phenoxy) is 13. The third-order valence-electron chi connectivity index (χ3n) is 19.1. The fourth-order valence-corrected chi connectivity index (χ4v) is 13.7. The Hall–Kier alpha value is -5.11. The lowest BCUT2D eigenvalue weighted by Crippen LogP contribution is -2.73. The lowest BCUT2D eigenvalue weighted by molar-refractivity contribution is -0.405. The van der Waals surface area contributed by atoms with E-state index < -0.39 is 339 Å². The predicted molar refractivity (Wildman–Crippen MR) is 330 cm³/mol. The van der Waals surface area contributed by atoms with Gasteiger partial charge in [-0.3, -0.25) is 19.2 Å². The summed E-state index contributed by atoms with van der Waals surface area (Å²) in [6, 6.07) is -7.93. The Bertz CT molecular complexity index is 3010. The van der Waals surface area contributed by atoms with E-state index in [0.717, 1.165) is 27.7 Å². The van der Waals surface area contributed by atoms with E-state index in [2.05, 4.69) is 21.3 Å². The molecule has 4 amide bonds. The van der Waals surface area contributed by atoms with Crippen molar-refractivity contribution >= 4 is 41.5 Å². The molecule has 0 aromatic carbocycles. The van der Waals surface area contributed by atoms with Gasteiger partial charge >= 0.3 is 17.9 Å². The average molecular weight is 1580 g/mol. The van der Waals surface area contributed by atoms with Gasteiger partial charge in [-0.05, 0) is 0 Å². The molecule has 0 spiro atoms. The molecule has 0 bridgehead atoms. The molecule has 7 fully saturated rings. The number of nitrogens with one attached hydrogen (secondary N) is 4. The van der Waals surface area contributed by atoms with Gasteiger partial charge in [-0.15, -0.1) is 0 Å². The molecule has 7 rings (SSSR count). The maximum atomic E-state index is 14.1. The number of carbonyl (C=O) groups is 7. The quantitative estimate of drug-likeness (QED) is 0.0297. The first-order valence-corrected chi connectivity index (χ1v) is 33.5. The van der Waals surface area contributed by atoms with E-state index in [9.17, 15) is 161 Å². The number of hydrogen-bond donors (Lipinski definition) is 29. The van der Waals surface area contributed by atoms with Gasteiger partial charge in [0.15, 0.2) is 25.2 Å². The van der Waals surface area contributed by atoms with Crippen molar-refractivity contribution < 1.29 is 223 Å². The standard InChI is InChI=1S/C59H96N4O45/c1-15(71)60-29-19(75)5-57(54(90)91,104-45(29)33(80)22(78)8-64)103-25(11-67)36(83)47-31(62-17(3)73)21(77)7-59(106-47,56(94)95)108-49-41(88)53(101-43-26(12-68)96-50(89)39(86)38(43)85)99-28(14-70)44(49)102-51-32(63-18(4)74)37(84)42(27(13-69)98-51)100-52-40(87)48(35(82)24(10-66)97-52)107-58(55(92)93)6-20(76)30(61-16(2)72)46(105-58)34(81)23(79)9-65/h19-53,64-70,75-89H,5-14H2,1-4H3,(H,60,71)(H,61,72)(H,62,73)(H,63,74)(H,90,91)(H,92,93)(H,94,95)/t19-,20-,21-,22+,23+,24+,25+,26+,27+,28+,29+,30+,31+,32+,33+,34+,35-,36+,37+,38+,39+,40+,41+,42-,43+,44-,45+,46+,47+,48-,49+,50+,51-,52-,53-,57+,58-,59-/m0/s1. The number of aliphatic hydroxyl groups excluding tert-OH is 22. The maximum Gasteiger partial charge on any atom is 0.364 e. The van der Waals surface area contributed by atoms with Gasteiger partial charge in [0.25, 0.3) is 17.4 Å². The van der Waals surface area contributed by atoms with Crippen LogP contribution in [0.5, 0.6) is 0 Å². The van der Waals surface area contributed by atoms with Crippen LogP contribution >= 0.6 is 0 Å². The van der Waals surface area contributed by atoms with Crippen LogP contribution in [0.2, 0.25) is 0 Å². The summed E-state index contributed by atoms with van der Waals surface area (Å²) in [5.41, 5.74) is 0. The van der Waals surface area contributed by atoms with E-state index in [1.54, 1.807) is 0 Å². The van der Waals surface area contributed by atoms with Gasteiger partial charge in [-0.1, -0.05) is 0 Å². The van der Waals surface area contributed by atoms with E-state index in [4.69, 9.17) is 61.6 Å². The third kappa shape index (κ3) is 19.4. The van der Waals surface area contributed by atoms with Crippen LogP contribution in [0.4, 0.5) is 0 Å². The summed E-state index contributed by atoms with van der Waals surface area (Å²) in [6.45, 7) is -5.80. The van der Waals surface area contributed by atoms with E-state index in [1.807, 2.05) is 0 Å². The molecular weight excluding hydrogens is 1480 g/mol. The van der Waals surface area contributed by atoms with Crippen LogP contribution in [-0.4, -0.2) is 447 Å². The highest BCUT2D eigenvalue weighted by Gasteiger charge is 2.66. The van der Waals surface area contributed by atoms with Crippen LogP contribution in [0.15, 0.2) is 0 Å². The van der Waals surface area contributed by atoms with E-state index >= 15 is 0 Å². The van der Waals surface area contributed by atoms with Crippen LogP contribution < -0.4 is 21.3 Å². The molecule has 0 unspecified atom stereocenters. The van der Waals surface area contributed by atoms with Crippen LogP contribution in [0.25, 0.3) is 0 Å². The van der Waals surface area contributed by atoms with Crippen LogP contribution in [-0.2, 0) is 95.1 Å². The summed E-state index contributed by atoms with van der Waals surface area (Å²) in [6.07, 6.45) is -77.0. The third-order valence-corrected chi connectivity index (χ3v) is 19.1. The Labute approximate surface area is 609 Å². The highest BCUT2D eigenvalue weighted by Crippen LogP contribution is 2.44. The number of carboxylic acids is 3. The van der Waals surface area contributed by atoms with Gasteiger partial charge in [-0.2, -0.15) is 0 Å². The average Bonchev–Trinajstić information content (AvgIpc) is 0.755. The minimum Gasteiger partial charge on any atom is -0.477 e. The molecule has 7 heterocycles. The SMILES string of the molecule is CC(=O)N[C@H]1[C@H](O[C@@H]2[C@H](O[C@]3(C(=O)O)C[C@H](O)[C@@H](NC(C)=O)[C@H]([C@H](O)[C@@H](CO)O[C@]4(C(=O)O)C[C@H](O)[C@@H](NC(C)=O)[C@H]([C@H](O)[C@H](O)CO)O4)O3)[C@@H](O)[C@H](O[C@H]3[C@H](O)[C@@H](O)[C@H](O)O[C@@H]3CO)O[C@@H]2CO)O[C@H](CO)[C@H](O[C@@H]2O[C@H](CO)[C@H](O)[C@H](O[C@]3(C(=O)O)C[C@H](O)[C@@H](NC(C)=O)[C@H]([C@H](O)[C@H](O)CO)O3)[C@H]2O)[C@@H]1O. The molecule has 7 aliphatic heterocycles. The van der Waals surface area contributed by atoms with E-state index in [1.165, 1.54) is 0 Å². The van der Waals surface area contributed by atoms with Crippen molar-refractivity contribution in [1.29, 1.82) is 0 Å². The Morgan fingerprint density at radius 3 is 1.13 bits per heavy atom. The molecule has 622 valence electrons. The lowest BCUT2D eigenvalue weighted by Gasteiger charge is -2.53. The van der Waals surface area contributed by atoms with Crippen molar-refractivity contribution in [3.8, 4) is 0 Å². The van der Waals surface area contributed by atoms with Crippen molar-refractivity contribution in [2.75, 3.05) is 46.2 Å². The number of hydrogen-bond acceptors (Lipinski definition) is 42. The topological polar surface area (TPSA) is 793 Å². The largest absolute Gasteiger partial charge is 0.477 e. The van der Waals surface area contributed by atoms with Crippen LogP contribution in [0, 0.1) is 0 Å². The molecular formula is C59H96N4O45. The zero-order valence-corrected chi connectivity index (χ0v) is 57.6. The number of rotatable bonds is 32. The van der Waals surface area contributed by atoms with Gasteiger partial charge in [0, 0.05) is 47.0 Å². The van der Waals surface area contributed by atoms with Crippen molar-refractivity contribution in [3.05, 3.63) is 0 Å². The molecule has 49 nitrogen and oxygen atoms in total. The van der Waals surface area contributed by atoms with Crippen molar-refractivity contribution in [1.82, 2.24) is 21.3 Å². The van der Waals surface area contributed by atoms with Gasteiger partial charge in [0.05, 0.1) is 82.7 Å². The first-order chi connectivity index (χ1) is 50.6. The second kappa shape index (κ2) is 37.7. The number of carboxylic acid groups (broad SMARTS) is 3. The molecule has 0 aromatic heterocycles. The highest BCUT2D eigenvalue weighted by atomic mass is 16.8. The molecule has 108 heavy (non-hydrogen) atoms. The van der Waals surface area contributed by atoms with Crippen molar-refractivity contribution in [2.24, 2.45) is 0 Å². The smallest absolute Gasteiger partial charge is 0.364 e. The zero-order chi connectivity index (χ0) is 80.8. The maximum absolute atomic E-state index is 14.1. The first kappa shape index (κ1) is 90.1. The summed E-state index contributed by atoms with van der Waals surface area (Å²) in [4.78, 5) is 91.2. The molecule has 49 heteroatoms. The number of aliphatic carboxylic acids is 3. The Kier molecular flexibility index (Phi) is 31.4. The second-order valence-corrected chi connectivity index (χ2v) is 26.8. The predicted octanol–water partition coefficient (Wildman–Crippen LogP) is -18.1. The van der Waals surface area contributed by atoms with Gasteiger partial charge < -0.3 is 211 Å². The molecule has 7 aliphatic rings. The minimum absolute atomic E-state index is 0.820. The lowest BCUT2D eigenvalue weighted by atomic mass is 9.87. The summed E-state index contributed by atoms with van der Waals surface area (Å²) < 4.78 is 75.5. The monoisotopic (exact) mass is 1580 g/mol. The van der Waals surface area contributed by atoms with Crippen LogP contribution in [0.1, 0.15) is 47.0 Å². The Morgan fingerprint density at radius 2 is 0.722 bits per heavy atom. The summed E-state index contributed by atoms with van der Waals surface area (Å²) >= 11 is 0. The normalized spacial score (nSPS) is 43.4. The molecule has 0 saturated carbocycles. The van der Waals surface area contributed by atoms with Gasteiger partial charge in [-0.25, -0.2) is 14.4 Å². The number of aliphatic hydroxyl groups is 22.